The van der Waals surface area contributed by atoms with E-state index in [1.165, 1.54) is 0 Å². The Bertz CT molecular complexity index is 373. The molecule has 0 fully saturated rings. The number of carbonyl (C=O) groups excluding carboxylic acids is 2. The summed E-state index contributed by atoms with van der Waals surface area (Å²) < 4.78 is 10.6. The monoisotopic (exact) mass is 283 g/mol. The molecule has 1 aliphatic rings. The molecule has 5 heteroatoms. The highest BCUT2D eigenvalue weighted by molar-refractivity contribution is 5.89. The molecule has 2 amide bonds. The van der Waals surface area contributed by atoms with Crippen molar-refractivity contribution in [3.63, 3.8) is 0 Å². The number of amides is 2. The molecule has 0 aromatic rings. The molecule has 0 aliphatic heterocycles. The fourth-order valence-electron chi connectivity index (χ4n) is 1.80. The van der Waals surface area contributed by atoms with Crippen LogP contribution in [0.5, 0.6) is 0 Å². The molecule has 0 spiro atoms. The van der Waals surface area contributed by atoms with E-state index in [0.717, 1.165) is 11.3 Å². The fourth-order valence-corrected chi connectivity index (χ4v) is 1.80. The molecular weight excluding hydrogens is 258 g/mol. The summed E-state index contributed by atoms with van der Waals surface area (Å²) in [7, 11) is 0. The van der Waals surface area contributed by atoms with Gasteiger partial charge in [0.1, 0.15) is 11.2 Å². The zero-order valence-electron chi connectivity index (χ0n) is 13.2. The lowest BCUT2D eigenvalue weighted by molar-refractivity contribution is -0.00357. The van der Waals surface area contributed by atoms with Crippen molar-refractivity contribution in [2.24, 2.45) is 0 Å². The van der Waals surface area contributed by atoms with Crippen LogP contribution in [0.15, 0.2) is 12.2 Å². The summed E-state index contributed by atoms with van der Waals surface area (Å²) >= 11 is 0. The first-order valence-corrected chi connectivity index (χ1v) is 6.91. The van der Waals surface area contributed by atoms with Crippen molar-refractivity contribution in [2.75, 3.05) is 0 Å². The number of nitrogens with zero attached hydrogens (tertiary/aromatic N) is 1. The highest BCUT2D eigenvalue weighted by atomic mass is 16.6. The number of hydrogen-bond acceptors (Lipinski definition) is 4. The van der Waals surface area contributed by atoms with E-state index < -0.39 is 23.4 Å². The molecule has 1 rings (SSSR count). The zero-order chi connectivity index (χ0) is 15.6. The quantitative estimate of drug-likeness (QED) is 0.685. The Morgan fingerprint density at radius 3 is 1.75 bits per heavy atom. The van der Waals surface area contributed by atoms with E-state index in [4.69, 9.17) is 9.47 Å². The number of hydrogen-bond donors (Lipinski definition) is 0. The van der Waals surface area contributed by atoms with Gasteiger partial charge in [-0.15, -0.1) is 0 Å². The average molecular weight is 283 g/mol. The Hall–Kier alpha value is -1.52. The second-order valence-electron chi connectivity index (χ2n) is 6.90. The minimum atomic E-state index is -0.664. The van der Waals surface area contributed by atoms with Crippen molar-refractivity contribution in [3.05, 3.63) is 12.2 Å². The molecule has 0 bridgehead atoms. The standard InChI is InChI=1S/C15H25NO4/c1-14(2,3)19-12(17)16(11-9-7-8-10-11)13(18)20-15(4,5)6/h7,9,11H,8,10H2,1-6H3. The van der Waals surface area contributed by atoms with Gasteiger partial charge in [0.2, 0.25) is 0 Å². The smallest absolute Gasteiger partial charge is 0.420 e. The van der Waals surface area contributed by atoms with Crippen molar-refractivity contribution in [1.29, 1.82) is 0 Å². The van der Waals surface area contributed by atoms with Crippen LogP contribution >= 0.6 is 0 Å². The zero-order valence-corrected chi connectivity index (χ0v) is 13.2. The van der Waals surface area contributed by atoms with E-state index in [2.05, 4.69) is 0 Å². The van der Waals surface area contributed by atoms with E-state index >= 15 is 0 Å². The largest absolute Gasteiger partial charge is 0.443 e. The van der Waals surface area contributed by atoms with Crippen LogP contribution in [0, 0.1) is 0 Å². The molecule has 0 heterocycles. The van der Waals surface area contributed by atoms with Crippen LogP contribution in [0.25, 0.3) is 0 Å². The maximum absolute atomic E-state index is 12.2. The van der Waals surface area contributed by atoms with Crippen LogP contribution in [-0.4, -0.2) is 34.3 Å². The molecule has 20 heavy (non-hydrogen) atoms. The third-order valence-electron chi connectivity index (χ3n) is 2.50. The normalized spacial score (nSPS) is 18.8. The van der Waals surface area contributed by atoms with Crippen molar-refractivity contribution in [1.82, 2.24) is 4.90 Å². The predicted octanol–water partition coefficient (Wildman–Crippen LogP) is 3.88. The van der Waals surface area contributed by atoms with Gasteiger partial charge in [-0.05, 0) is 54.4 Å². The summed E-state index contributed by atoms with van der Waals surface area (Å²) in [6.07, 6.45) is 4.01. The third-order valence-corrected chi connectivity index (χ3v) is 2.50. The first kappa shape index (κ1) is 16.5. The van der Waals surface area contributed by atoms with Gasteiger partial charge >= 0.3 is 12.2 Å². The molecule has 1 atom stereocenters. The summed E-state index contributed by atoms with van der Waals surface area (Å²) in [5.41, 5.74) is -1.31. The first-order valence-electron chi connectivity index (χ1n) is 6.91. The van der Waals surface area contributed by atoms with Crippen LogP contribution < -0.4 is 0 Å². The average Bonchev–Trinajstić information content (AvgIpc) is 2.64. The molecule has 0 N–H and O–H groups in total. The molecule has 0 saturated carbocycles. The maximum Gasteiger partial charge on any atom is 0.420 e. The molecule has 0 radical (unpaired) electrons. The van der Waals surface area contributed by atoms with Crippen LogP contribution in [-0.2, 0) is 9.47 Å². The lowest BCUT2D eigenvalue weighted by Gasteiger charge is -2.31. The first-order chi connectivity index (χ1) is 8.99. The Morgan fingerprint density at radius 1 is 1.00 bits per heavy atom. The highest BCUT2D eigenvalue weighted by Gasteiger charge is 2.36. The van der Waals surface area contributed by atoms with E-state index in [1.807, 2.05) is 12.2 Å². The number of imide groups is 1. The van der Waals surface area contributed by atoms with Gasteiger partial charge in [0.25, 0.3) is 0 Å². The SMILES string of the molecule is CC(C)(C)OC(=O)N(C(=O)OC(C)(C)C)C1C=CCC1. The maximum atomic E-state index is 12.2. The van der Waals surface area contributed by atoms with E-state index in [-0.39, 0.29) is 6.04 Å². The van der Waals surface area contributed by atoms with Gasteiger partial charge < -0.3 is 9.47 Å². The molecule has 114 valence electrons. The molecule has 1 aliphatic carbocycles. The fraction of sp³-hybridized carbons (Fsp3) is 0.733. The minimum Gasteiger partial charge on any atom is -0.443 e. The van der Waals surface area contributed by atoms with Crippen molar-refractivity contribution >= 4 is 12.2 Å². The van der Waals surface area contributed by atoms with Crippen molar-refractivity contribution in [2.45, 2.75) is 71.6 Å². The summed E-state index contributed by atoms with van der Waals surface area (Å²) in [6, 6.07) is -0.292. The predicted molar refractivity (Wildman–Crippen MR) is 76.5 cm³/mol. The minimum absolute atomic E-state index is 0.292. The summed E-state index contributed by atoms with van der Waals surface area (Å²) in [4.78, 5) is 25.6. The van der Waals surface area contributed by atoms with Crippen LogP contribution in [0.4, 0.5) is 9.59 Å². The molecule has 1 unspecified atom stereocenters. The van der Waals surface area contributed by atoms with Gasteiger partial charge in [-0.1, -0.05) is 12.2 Å². The van der Waals surface area contributed by atoms with Gasteiger partial charge in [0.05, 0.1) is 6.04 Å². The van der Waals surface area contributed by atoms with Crippen molar-refractivity contribution < 1.29 is 19.1 Å². The number of ether oxygens (including phenoxy) is 2. The van der Waals surface area contributed by atoms with Crippen molar-refractivity contribution in [3.8, 4) is 0 Å². The highest BCUT2D eigenvalue weighted by Crippen LogP contribution is 2.22. The summed E-state index contributed by atoms with van der Waals surface area (Å²) in [5.74, 6) is 0. The van der Waals surface area contributed by atoms with E-state index in [1.54, 1.807) is 41.5 Å². The summed E-state index contributed by atoms with van der Waals surface area (Å²) in [6.45, 7) is 10.6. The van der Waals surface area contributed by atoms with E-state index in [0.29, 0.717) is 6.42 Å². The van der Waals surface area contributed by atoms with Gasteiger partial charge in [-0.2, -0.15) is 0 Å². The number of allylic oxidation sites excluding steroid dienone is 1. The van der Waals surface area contributed by atoms with Crippen LogP contribution in [0.2, 0.25) is 0 Å². The second-order valence-corrected chi connectivity index (χ2v) is 6.90. The van der Waals surface area contributed by atoms with Gasteiger partial charge in [0.15, 0.2) is 0 Å². The third kappa shape index (κ3) is 5.23. The van der Waals surface area contributed by atoms with E-state index in [9.17, 15) is 9.59 Å². The molecule has 0 saturated heterocycles. The Balaban J connectivity index is 2.88. The molecule has 0 aromatic carbocycles. The topological polar surface area (TPSA) is 55.8 Å². The Kier molecular flexibility index (Phi) is 4.84. The van der Waals surface area contributed by atoms with Gasteiger partial charge in [0, 0.05) is 0 Å². The lowest BCUT2D eigenvalue weighted by Crippen LogP contribution is -2.47. The van der Waals surface area contributed by atoms with Crippen LogP contribution in [0.3, 0.4) is 0 Å². The Labute approximate surface area is 120 Å². The van der Waals surface area contributed by atoms with Gasteiger partial charge in [-0.25, -0.2) is 14.5 Å². The molecular formula is C15H25NO4. The summed E-state index contributed by atoms with van der Waals surface area (Å²) in [5, 5.41) is 0. The van der Waals surface area contributed by atoms with Crippen LogP contribution in [0.1, 0.15) is 54.4 Å². The molecule has 0 aromatic heterocycles. The lowest BCUT2D eigenvalue weighted by atomic mass is 10.2. The second kappa shape index (κ2) is 5.85. The molecule has 5 nitrogen and oxygen atoms in total. The number of rotatable bonds is 1. The Morgan fingerprint density at radius 2 is 1.45 bits per heavy atom. The van der Waals surface area contributed by atoms with Gasteiger partial charge in [-0.3, -0.25) is 0 Å². The number of carbonyl (C=O) groups is 2.